The van der Waals surface area contributed by atoms with Gasteiger partial charge in [-0.2, -0.15) is 4.99 Å². The highest BCUT2D eigenvalue weighted by atomic mass is 32.2. The fraction of sp³-hybridized carbons (Fsp3) is 0.333. The quantitative estimate of drug-likeness (QED) is 0.684. The number of hydrogen-bond donors (Lipinski definition) is 0. The van der Waals surface area contributed by atoms with Crippen molar-refractivity contribution in [3.8, 4) is 11.4 Å². The zero-order valence-electron chi connectivity index (χ0n) is 16.6. The maximum atomic E-state index is 12.4. The first-order valence-corrected chi connectivity index (χ1v) is 10.5. The van der Waals surface area contributed by atoms with Gasteiger partial charge in [0, 0.05) is 24.5 Å². The Morgan fingerprint density at radius 2 is 1.90 bits per heavy atom. The smallest absolute Gasteiger partial charge is 0.260 e. The van der Waals surface area contributed by atoms with Crippen molar-refractivity contribution in [3.05, 3.63) is 48.8 Å². The molecule has 8 heteroatoms. The minimum atomic E-state index is -0.358. The second-order valence-electron chi connectivity index (χ2n) is 7.37. The molecule has 1 amide bonds. The number of fused-ring (bicyclic) bond motifs is 1. The Labute approximate surface area is 173 Å². The number of carbonyl (C=O) groups excluding carboxylic acids is 1. The third-order valence-electron chi connectivity index (χ3n) is 4.58. The molecule has 0 N–H and O–H groups in total. The maximum Gasteiger partial charge on any atom is 0.260 e. The van der Waals surface area contributed by atoms with Crippen LogP contribution in [0.25, 0.3) is 11.4 Å². The topological polar surface area (TPSA) is 85.4 Å². The summed E-state index contributed by atoms with van der Waals surface area (Å²) in [5.41, 5.74) is 1.72. The summed E-state index contributed by atoms with van der Waals surface area (Å²) in [5.74, 6) is 1.23. The zero-order chi connectivity index (χ0) is 20.4. The van der Waals surface area contributed by atoms with Gasteiger partial charge in [0.2, 0.25) is 0 Å². The normalized spacial score (nSPS) is 19.2. The standard InChI is InChI=1S/C21H22N6OS/c1-13(2)12-27-19(15-8-10-22-11-9-15)25-26-21(27)29-14(3)18-23-17-7-5-4-6-16(17)20(28)24-18/h4-11,13-14,16H,12H2,1-3H3. The van der Waals surface area contributed by atoms with Gasteiger partial charge >= 0.3 is 0 Å². The molecule has 1 aliphatic heterocycles. The van der Waals surface area contributed by atoms with E-state index in [0.717, 1.165) is 28.8 Å². The summed E-state index contributed by atoms with van der Waals surface area (Å²) in [6, 6.07) is 3.86. The van der Waals surface area contributed by atoms with E-state index in [4.69, 9.17) is 0 Å². The first-order valence-electron chi connectivity index (χ1n) is 9.59. The summed E-state index contributed by atoms with van der Waals surface area (Å²) in [5, 5.41) is 9.50. The number of amides is 1. The van der Waals surface area contributed by atoms with Crippen LogP contribution < -0.4 is 0 Å². The lowest BCUT2D eigenvalue weighted by Crippen LogP contribution is -2.30. The van der Waals surface area contributed by atoms with Crippen molar-refractivity contribution in [2.24, 2.45) is 21.8 Å². The Hall–Kier alpha value is -2.87. The average molecular weight is 407 g/mol. The summed E-state index contributed by atoms with van der Waals surface area (Å²) >= 11 is 1.52. The number of carbonyl (C=O) groups is 1. The zero-order valence-corrected chi connectivity index (χ0v) is 17.4. The van der Waals surface area contributed by atoms with Crippen molar-refractivity contribution >= 4 is 29.2 Å². The van der Waals surface area contributed by atoms with Gasteiger partial charge in [0.1, 0.15) is 11.8 Å². The monoisotopic (exact) mass is 406 g/mol. The van der Waals surface area contributed by atoms with Gasteiger partial charge in [0.05, 0.1) is 11.0 Å². The van der Waals surface area contributed by atoms with Gasteiger partial charge in [-0.05, 0) is 31.1 Å². The fourth-order valence-electron chi connectivity index (χ4n) is 3.20. The number of nitrogens with zero attached hydrogens (tertiary/aromatic N) is 6. The highest BCUT2D eigenvalue weighted by Crippen LogP contribution is 2.29. The van der Waals surface area contributed by atoms with Crippen LogP contribution in [0, 0.1) is 11.8 Å². The summed E-state index contributed by atoms with van der Waals surface area (Å²) in [6.45, 7) is 7.10. The van der Waals surface area contributed by atoms with E-state index in [1.165, 1.54) is 11.8 Å². The molecule has 0 saturated carbocycles. The van der Waals surface area contributed by atoms with Crippen LogP contribution in [-0.2, 0) is 11.3 Å². The molecule has 4 rings (SSSR count). The number of aliphatic imine (C=N–C) groups is 2. The van der Waals surface area contributed by atoms with Gasteiger partial charge in [0.15, 0.2) is 11.0 Å². The van der Waals surface area contributed by atoms with Gasteiger partial charge < -0.3 is 4.57 Å². The van der Waals surface area contributed by atoms with Crippen molar-refractivity contribution in [2.45, 2.75) is 37.7 Å². The molecule has 0 saturated heterocycles. The third-order valence-corrected chi connectivity index (χ3v) is 5.66. The molecule has 3 heterocycles. The van der Waals surface area contributed by atoms with Gasteiger partial charge in [-0.25, -0.2) is 4.99 Å². The number of pyridine rings is 1. The lowest BCUT2D eigenvalue weighted by atomic mass is 9.96. The molecule has 2 aromatic heterocycles. The van der Waals surface area contributed by atoms with E-state index in [0.29, 0.717) is 11.8 Å². The molecule has 2 aliphatic rings. The molecule has 0 fully saturated rings. The number of thioether (sulfide) groups is 1. The second kappa shape index (κ2) is 8.24. The van der Waals surface area contributed by atoms with Crippen molar-refractivity contribution in [1.82, 2.24) is 19.7 Å². The van der Waals surface area contributed by atoms with E-state index in [1.807, 2.05) is 43.4 Å². The van der Waals surface area contributed by atoms with Gasteiger partial charge in [0.25, 0.3) is 5.91 Å². The SMILES string of the molecule is CC(C)Cn1c(SC(C)C2=NC(=O)C3C=CC=CC3=N2)nnc1-c1ccncc1. The first kappa shape index (κ1) is 19.4. The second-order valence-corrected chi connectivity index (χ2v) is 8.68. The highest BCUT2D eigenvalue weighted by molar-refractivity contribution is 8.00. The van der Waals surface area contributed by atoms with Crippen LogP contribution in [0.15, 0.2) is 64.0 Å². The molecular weight excluding hydrogens is 384 g/mol. The molecule has 0 spiro atoms. The number of hydrogen-bond acceptors (Lipinski definition) is 6. The Morgan fingerprint density at radius 3 is 2.66 bits per heavy atom. The maximum absolute atomic E-state index is 12.4. The van der Waals surface area contributed by atoms with Crippen LogP contribution in [-0.4, -0.2) is 42.5 Å². The number of amidine groups is 1. The summed E-state index contributed by atoms with van der Waals surface area (Å²) in [4.78, 5) is 25.3. The van der Waals surface area contributed by atoms with Gasteiger partial charge in [-0.3, -0.25) is 9.78 Å². The van der Waals surface area contributed by atoms with Gasteiger partial charge in [-0.15, -0.1) is 10.2 Å². The van der Waals surface area contributed by atoms with Crippen molar-refractivity contribution in [1.29, 1.82) is 0 Å². The van der Waals surface area contributed by atoms with E-state index in [9.17, 15) is 4.79 Å². The third kappa shape index (κ3) is 4.12. The first-order chi connectivity index (χ1) is 14.0. The molecule has 148 valence electrons. The van der Waals surface area contributed by atoms with Crippen LogP contribution in [0.2, 0.25) is 0 Å². The van der Waals surface area contributed by atoms with E-state index >= 15 is 0 Å². The average Bonchev–Trinajstić information content (AvgIpc) is 3.10. The fourth-order valence-corrected chi connectivity index (χ4v) is 4.10. The van der Waals surface area contributed by atoms with E-state index in [2.05, 4.69) is 43.6 Å². The molecule has 2 atom stereocenters. The molecule has 7 nitrogen and oxygen atoms in total. The van der Waals surface area contributed by atoms with Crippen LogP contribution in [0.5, 0.6) is 0 Å². The summed E-state index contributed by atoms with van der Waals surface area (Å²) in [7, 11) is 0. The Morgan fingerprint density at radius 1 is 1.10 bits per heavy atom. The van der Waals surface area contributed by atoms with Crippen LogP contribution >= 0.6 is 11.8 Å². The van der Waals surface area contributed by atoms with E-state index < -0.39 is 0 Å². The molecule has 0 radical (unpaired) electrons. The largest absolute Gasteiger partial charge is 0.302 e. The molecule has 29 heavy (non-hydrogen) atoms. The lowest BCUT2D eigenvalue weighted by Gasteiger charge is -2.20. The van der Waals surface area contributed by atoms with Crippen LogP contribution in [0.1, 0.15) is 20.8 Å². The van der Waals surface area contributed by atoms with E-state index in [-0.39, 0.29) is 17.1 Å². The predicted molar refractivity (Wildman–Crippen MR) is 115 cm³/mol. The number of rotatable bonds is 6. The predicted octanol–water partition coefficient (Wildman–Crippen LogP) is 3.60. The van der Waals surface area contributed by atoms with Crippen molar-refractivity contribution in [2.75, 3.05) is 0 Å². The molecular formula is C21H22N6OS. The molecule has 1 aliphatic carbocycles. The Balaban J connectivity index is 1.62. The number of allylic oxidation sites excluding steroid dienone is 3. The Bertz CT molecular complexity index is 1030. The van der Waals surface area contributed by atoms with E-state index in [1.54, 1.807) is 12.4 Å². The van der Waals surface area contributed by atoms with Crippen LogP contribution in [0.4, 0.5) is 0 Å². The molecule has 0 aromatic carbocycles. The molecule has 0 bridgehead atoms. The highest BCUT2D eigenvalue weighted by Gasteiger charge is 2.29. The van der Waals surface area contributed by atoms with Gasteiger partial charge in [-0.1, -0.05) is 43.8 Å². The summed E-state index contributed by atoms with van der Waals surface area (Å²) in [6.07, 6.45) is 11.0. The van der Waals surface area contributed by atoms with Crippen molar-refractivity contribution < 1.29 is 4.79 Å². The van der Waals surface area contributed by atoms with Crippen LogP contribution in [0.3, 0.4) is 0 Å². The van der Waals surface area contributed by atoms with Crippen molar-refractivity contribution in [3.63, 3.8) is 0 Å². The summed E-state index contributed by atoms with van der Waals surface area (Å²) < 4.78 is 2.12. The molecule has 2 aromatic rings. The molecule has 2 unspecified atom stereocenters. The minimum Gasteiger partial charge on any atom is -0.302 e. The minimum absolute atomic E-state index is 0.132. The lowest BCUT2D eigenvalue weighted by molar-refractivity contribution is -0.118. The Kier molecular flexibility index (Phi) is 5.53. The number of aromatic nitrogens is 4.